The molecule has 1 unspecified atom stereocenters. The van der Waals surface area contributed by atoms with Crippen LogP contribution >= 0.6 is 15.9 Å². The molecule has 2 fully saturated rings. The molecule has 2 aliphatic rings. The van der Waals surface area contributed by atoms with Crippen molar-refractivity contribution >= 4 is 27.4 Å². The molecule has 1 atom stereocenters. The summed E-state index contributed by atoms with van der Waals surface area (Å²) in [4.78, 5) is 14.2. The van der Waals surface area contributed by atoms with E-state index in [4.69, 9.17) is 0 Å². The van der Waals surface area contributed by atoms with Gasteiger partial charge in [-0.3, -0.25) is 4.90 Å². The lowest BCUT2D eigenvalue weighted by molar-refractivity contribution is 0.175. The predicted octanol–water partition coefficient (Wildman–Crippen LogP) is 2.56. The van der Waals surface area contributed by atoms with Crippen LogP contribution in [0.25, 0.3) is 5.65 Å². The molecule has 0 aromatic carbocycles. The van der Waals surface area contributed by atoms with Crippen molar-refractivity contribution in [2.24, 2.45) is 0 Å². The summed E-state index contributed by atoms with van der Waals surface area (Å²) in [5.74, 6) is 1.01. The molecule has 0 aliphatic carbocycles. The number of piperidine rings is 1. The topological polar surface area (TPSA) is 36.7 Å². The van der Waals surface area contributed by atoms with Crippen LogP contribution in [-0.4, -0.2) is 51.5 Å². The van der Waals surface area contributed by atoms with E-state index >= 15 is 0 Å². The van der Waals surface area contributed by atoms with Crippen LogP contribution < -0.4 is 4.90 Å². The van der Waals surface area contributed by atoms with Crippen LogP contribution in [0.2, 0.25) is 0 Å². The summed E-state index contributed by atoms with van der Waals surface area (Å²) in [6.45, 7) is 4.69. The number of fused-ring (bicyclic) bond motifs is 1. The number of imidazole rings is 1. The van der Waals surface area contributed by atoms with Crippen molar-refractivity contribution in [2.45, 2.75) is 31.7 Å². The molecule has 0 spiro atoms. The zero-order valence-electron chi connectivity index (χ0n) is 12.1. The molecule has 2 saturated heterocycles. The fraction of sp³-hybridized carbons (Fsp3) is 0.600. The summed E-state index contributed by atoms with van der Waals surface area (Å²) < 4.78 is 2.91. The van der Waals surface area contributed by atoms with Crippen molar-refractivity contribution in [1.29, 1.82) is 0 Å². The lowest BCUT2D eigenvalue weighted by Crippen LogP contribution is -2.41. The van der Waals surface area contributed by atoms with E-state index < -0.39 is 0 Å². The highest BCUT2D eigenvalue weighted by Crippen LogP contribution is 2.27. The normalized spacial score (nSPS) is 24.0. The molecule has 4 heterocycles. The van der Waals surface area contributed by atoms with Crippen LogP contribution in [0.4, 0.5) is 5.82 Å². The summed E-state index contributed by atoms with van der Waals surface area (Å²) in [6, 6.07) is 0.682. The van der Waals surface area contributed by atoms with Crippen molar-refractivity contribution in [3.63, 3.8) is 0 Å². The van der Waals surface area contributed by atoms with Crippen molar-refractivity contribution < 1.29 is 0 Å². The highest BCUT2D eigenvalue weighted by atomic mass is 79.9. The van der Waals surface area contributed by atoms with Gasteiger partial charge in [0, 0.05) is 37.7 Å². The lowest BCUT2D eigenvalue weighted by atomic mass is 10.1. The second kappa shape index (κ2) is 5.57. The Morgan fingerprint density at radius 1 is 1.14 bits per heavy atom. The minimum absolute atomic E-state index is 0.682. The average Bonchev–Trinajstić information content (AvgIpc) is 3.16. The van der Waals surface area contributed by atoms with Gasteiger partial charge in [0.05, 0.1) is 0 Å². The second-order valence-corrected chi connectivity index (χ2v) is 6.84. The smallest absolute Gasteiger partial charge is 0.180 e. The Hall–Kier alpha value is -1.14. The Kier molecular flexibility index (Phi) is 3.59. The Morgan fingerprint density at radius 2 is 2.00 bits per heavy atom. The van der Waals surface area contributed by atoms with E-state index in [1.54, 1.807) is 0 Å². The van der Waals surface area contributed by atoms with Gasteiger partial charge in [-0.1, -0.05) is 6.42 Å². The molecule has 4 rings (SSSR count). The van der Waals surface area contributed by atoms with Crippen LogP contribution in [-0.2, 0) is 0 Å². The van der Waals surface area contributed by atoms with Gasteiger partial charge in [-0.2, -0.15) is 0 Å². The highest BCUT2D eigenvalue weighted by Gasteiger charge is 2.30. The number of halogens is 1. The van der Waals surface area contributed by atoms with Gasteiger partial charge in [0.2, 0.25) is 0 Å². The Balaban J connectivity index is 1.57. The number of hydrogen-bond acceptors (Lipinski definition) is 4. The number of aromatic nitrogens is 3. The fourth-order valence-corrected chi connectivity index (χ4v) is 4.00. The molecule has 5 nitrogen and oxygen atoms in total. The van der Waals surface area contributed by atoms with Gasteiger partial charge in [0.25, 0.3) is 0 Å². The van der Waals surface area contributed by atoms with E-state index in [0.29, 0.717) is 6.04 Å². The fourth-order valence-electron chi connectivity index (χ4n) is 3.61. The summed E-state index contributed by atoms with van der Waals surface area (Å²) >= 11 is 3.51. The standard InChI is InChI=1S/C15H20BrN5/c16-13-11-21-9-5-17-14(21)15(18-13)20-8-4-12(10-20)19-6-2-1-3-7-19/h5,9,11-12H,1-4,6-8,10H2. The lowest BCUT2D eigenvalue weighted by Gasteiger charge is -2.32. The molecule has 21 heavy (non-hydrogen) atoms. The number of likely N-dealkylation sites (tertiary alicyclic amines) is 1. The molecular weight excluding hydrogens is 330 g/mol. The molecule has 6 heteroatoms. The molecule has 2 aromatic rings. The summed E-state index contributed by atoms with van der Waals surface area (Å²) in [5.41, 5.74) is 0.956. The number of anilines is 1. The predicted molar refractivity (Wildman–Crippen MR) is 86.7 cm³/mol. The molecule has 0 bridgehead atoms. The molecular formula is C15H20BrN5. The molecule has 0 N–H and O–H groups in total. The molecule has 0 amide bonds. The largest absolute Gasteiger partial charge is 0.352 e. The van der Waals surface area contributed by atoms with E-state index in [2.05, 4.69) is 35.7 Å². The van der Waals surface area contributed by atoms with Gasteiger partial charge in [-0.05, 0) is 48.3 Å². The third-order valence-corrected chi connectivity index (χ3v) is 5.08. The Bertz CT molecular complexity index is 634. The van der Waals surface area contributed by atoms with Crippen LogP contribution in [0.3, 0.4) is 0 Å². The van der Waals surface area contributed by atoms with E-state index in [-0.39, 0.29) is 0 Å². The van der Waals surface area contributed by atoms with E-state index in [0.717, 1.165) is 29.2 Å². The van der Waals surface area contributed by atoms with Crippen molar-refractivity contribution in [2.75, 3.05) is 31.1 Å². The SMILES string of the molecule is Brc1cn2ccnc2c(N2CCC(N3CCCCC3)C2)n1. The first-order valence-electron chi connectivity index (χ1n) is 7.79. The van der Waals surface area contributed by atoms with Gasteiger partial charge < -0.3 is 9.30 Å². The van der Waals surface area contributed by atoms with Crippen molar-refractivity contribution in [3.05, 3.63) is 23.2 Å². The van der Waals surface area contributed by atoms with Gasteiger partial charge in [-0.25, -0.2) is 9.97 Å². The Labute approximate surface area is 133 Å². The summed E-state index contributed by atoms with van der Waals surface area (Å²) in [5, 5.41) is 0. The average molecular weight is 350 g/mol. The van der Waals surface area contributed by atoms with E-state index in [1.807, 2.05) is 23.0 Å². The van der Waals surface area contributed by atoms with Gasteiger partial charge in [-0.15, -0.1) is 0 Å². The minimum Gasteiger partial charge on any atom is -0.352 e. The maximum absolute atomic E-state index is 4.68. The second-order valence-electron chi connectivity index (χ2n) is 6.03. The number of hydrogen-bond donors (Lipinski definition) is 0. The number of rotatable bonds is 2. The quantitative estimate of drug-likeness (QED) is 0.834. The third-order valence-electron chi connectivity index (χ3n) is 4.70. The first kappa shape index (κ1) is 13.5. The molecule has 2 aliphatic heterocycles. The van der Waals surface area contributed by atoms with Crippen molar-refractivity contribution in [1.82, 2.24) is 19.3 Å². The molecule has 112 valence electrons. The maximum atomic E-state index is 4.68. The van der Waals surface area contributed by atoms with Crippen LogP contribution in [0.15, 0.2) is 23.2 Å². The first-order chi connectivity index (χ1) is 10.3. The zero-order chi connectivity index (χ0) is 14.2. The molecule has 2 aromatic heterocycles. The van der Waals surface area contributed by atoms with Crippen LogP contribution in [0, 0.1) is 0 Å². The van der Waals surface area contributed by atoms with E-state index in [1.165, 1.54) is 38.8 Å². The third kappa shape index (κ3) is 2.55. The number of nitrogens with zero attached hydrogens (tertiary/aromatic N) is 5. The van der Waals surface area contributed by atoms with Gasteiger partial charge in [0.15, 0.2) is 11.5 Å². The minimum atomic E-state index is 0.682. The van der Waals surface area contributed by atoms with E-state index in [9.17, 15) is 0 Å². The van der Waals surface area contributed by atoms with Gasteiger partial charge >= 0.3 is 0 Å². The molecule has 0 saturated carbocycles. The van der Waals surface area contributed by atoms with Crippen LogP contribution in [0.1, 0.15) is 25.7 Å². The first-order valence-corrected chi connectivity index (χ1v) is 8.59. The van der Waals surface area contributed by atoms with Gasteiger partial charge in [0.1, 0.15) is 4.60 Å². The van der Waals surface area contributed by atoms with Crippen molar-refractivity contribution in [3.8, 4) is 0 Å². The maximum Gasteiger partial charge on any atom is 0.180 e. The summed E-state index contributed by atoms with van der Waals surface area (Å²) in [7, 11) is 0. The molecule has 0 radical (unpaired) electrons. The summed E-state index contributed by atoms with van der Waals surface area (Å²) in [6.07, 6.45) is 11.1. The van der Waals surface area contributed by atoms with Crippen LogP contribution in [0.5, 0.6) is 0 Å². The monoisotopic (exact) mass is 349 g/mol. The highest BCUT2D eigenvalue weighted by molar-refractivity contribution is 9.10. The zero-order valence-corrected chi connectivity index (χ0v) is 13.7. The Morgan fingerprint density at radius 3 is 2.86 bits per heavy atom.